The van der Waals surface area contributed by atoms with Crippen molar-refractivity contribution in [1.29, 1.82) is 0 Å². The van der Waals surface area contributed by atoms with Gasteiger partial charge in [-0.05, 0) is 12.3 Å². The highest BCUT2D eigenvalue weighted by molar-refractivity contribution is 9.10. The van der Waals surface area contributed by atoms with Crippen molar-refractivity contribution >= 4 is 21.7 Å². The molecule has 0 spiro atoms. The van der Waals surface area contributed by atoms with Crippen LogP contribution in [-0.4, -0.2) is 16.8 Å². The van der Waals surface area contributed by atoms with E-state index >= 15 is 0 Å². The molecule has 0 N–H and O–H groups in total. The summed E-state index contributed by atoms with van der Waals surface area (Å²) in [4.78, 5) is 9.81. The predicted molar refractivity (Wildman–Crippen MR) is 55.0 cm³/mol. The average molecular weight is 287 g/mol. The number of carbonyl (C=O) groups is 1. The van der Waals surface area contributed by atoms with Crippen LogP contribution >= 0.6 is 15.9 Å². The molecule has 0 aliphatic heterocycles. The highest BCUT2D eigenvalue weighted by atomic mass is 79.9. The third-order valence-electron chi connectivity index (χ3n) is 2.83. The Morgan fingerprint density at radius 2 is 1.80 bits per heavy atom. The second kappa shape index (κ2) is 5.32. The summed E-state index contributed by atoms with van der Waals surface area (Å²) >= 11 is 2.85. The molecule has 15 heavy (non-hydrogen) atoms. The third kappa shape index (κ3) is 4.13. The molecule has 1 atom stereocenters. The number of carbonyl (C=O) groups excluding carboxylic acids is 1. The molecule has 0 aromatic rings. The van der Waals surface area contributed by atoms with Crippen molar-refractivity contribution in [3.05, 3.63) is 0 Å². The third-order valence-corrected chi connectivity index (χ3v) is 3.62. The lowest BCUT2D eigenvalue weighted by atomic mass is 9.85. The van der Waals surface area contributed by atoms with Gasteiger partial charge in [-0.2, -0.15) is 13.2 Å². The van der Waals surface area contributed by atoms with Gasteiger partial charge < -0.3 is 0 Å². The van der Waals surface area contributed by atoms with E-state index in [0.29, 0.717) is 6.42 Å². The van der Waals surface area contributed by atoms with Crippen LogP contribution in [0.5, 0.6) is 0 Å². The van der Waals surface area contributed by atoms with E-state index in [1.807, 2.05) is 0 Å². The molecule has 0 heterocycles. The maximum Gasteiger partial charge on any atom is 0.451 e. The lowest BCUT2D eigenvalue weighted by Crippen LogP contribution is -2.32. The average Bonchev–Trinajstić information content (AvgIpc) is 2.16. The van der Waals surface area contributed by atoms with Gasteiger partial charge in [0.1, 0.15) is 0 Å². The molecule has 0 aromatic heterocycles. The zero-order chi connectivity index (χ0) is 11.5. The Morgan fingerprint density at radius 1 is 1.27 bits per heavy atom. The van der Waals surface area contributed by atoms with E-state index in [4.69, 9.17) is 0 Å². The normalized spacial score (nSPS) is 21.3. The predicted octanol–water partition coefficient (Wildman–Crippen LogP) is 3.85. The van der Waals surface area contributed by atoms with Crippen LogP contribution in [-0.2, 0) is 4.79 Å². The molecule has 1 rings (SSSR count). The number of halogens is 4. The molecule has 1 saturated carbocycles. The van der Waals surface area contributed by atoms with E-state index in [-0.39, 0.29) is 5.92 Å². The highest BCUT2D eigenvalue weighted by Crippen LogP contribution is 2.32. The molecular formula is C10H14BrF3O. The first-order valence-electron chi connectivity index (χ1n) is 5.16. The Balaban J connectivity index is 2.40. The van der Waals surface area contributed by atoms with Crippen LogP contribution < -0.4 is 0 Å². The summed E-state index contributed by atoms with van der Waals surface area (Å²) in [5, 5.41) is 0. The Hall–Kier alpha value is -0.0600. The molecule has 0 saturated heterocycles. The summed E-state index contributed by atoms with van der Waals surface area (Å²) < 4.78 is 36.2. The van der Waals surface area contributed by atoms with Gasteiger partial charge in [0, 0.05) is 0 Å². The Kier molecular flexibility index (Phi) is 4.62. The van der Waals surface area contributed by atoms with E-state index in [2.05, 4.69) is 15.9 Å². The number of ketones is 1. The smallest absolute Gasteiger partial charge is 0.288 e. The summed E-state index contributed by atoms with van der Waals surface area (Å²) in [5.41, 5.74) is 0. The second-order valence-corrected chi connectivity index (χ2v) is 5.17. The summed E-state index contributed by atoms with van der Waals surface area (Å²) in [6.45, 7) is 0. The van der Waals surface area contributed by atoms with E-state index in [9.17, 15) is 18.0 Å². The molecular weight excluding hydrogens is 273 g/mol. The van der Waals surface area contributed by atoms with Crippen LogP contribution in [0.1, 0.15) is 38.5 Å². The van der Waals surface area contributed by atoms with Crippen molar-refractivity contribution in [1.82, 2.24) is 0 Å². The van der Waals surface area contributed by atoms with Crippen LogP contribution in [0, 0.1) is 5.92 Å². The molecule has 1 aliphatic rings. The van der Waals surface area contributed by atoms with Gasteiger partial charge in [0.05, 0.1) is 4.83 Å². The van der Waals surface area contributed by atoms with Crippen LogP contribution in [0.4, 0.5) is 13.2 Å². The molecule has 0 radical (unpaired) electrons. The van der Waals surface area contributed by atoms with Crippen LogP contribution in [0.2, 0.25) is 0 Å². The van der Waals surface area contributed by atoms with Crippen molar-refractivity contribution < 1.29 is 18.0 Å². The number of Topliss-reactive ketones (excluding diaryl/α,β-unsaturated/α-hetero) is 1. The minimum Gasteiger partial charge on any atom is -0.288 e. The molecule has 0 amide bonds. The molecule has 1 aliphatic carbocycles. The van der Waals surface area contributed by atoms with Gasteiger partial charge in [0.25, 0.3) is 0 Å². The van der Waals surface area contributed by atoms with Crippen LogP contribution in [0.3, 0.4) is 0 Å². The second-order valence-electron chi connectivity index (χ2n) is 4.07. The van der Waals surface area contributed by atoms with E-state index < -0.39 is 16.8 Å². The summed E-state index contributed by atoms with van der Waals surface area (Å²) in [6.07, 6.45) is 0.827. The van der Waals surface area contributed by atoms with Crippen molar-refractivity contribution in [3.8, 4) is 0 Å². The number of hydrogen-bond donors (Lipinski definition) is 0. The fourth-order valence-corrected chi connectivity index (χ4v) is 2.79. The number of alkyl halides is 4. The fourth-order valence-electron chi connectivity index (χ4n) is 2.00. The van der Waals surface area contributed by atoms with Crippen molar-refractivity contribution in [2.24, 2.45) is 5.92 Å². The molecule has 1 unspecified atom stereocenters. The molecule has 88 valence electrons. The van der Waals surface area contributed by atoms with Crippen molar-refractivity contribution in [3.63, 3.8) is 0 Å². The minimum absolute atomic E-state index is 0.273. The maximum atomic E-state index is 12.1. The highest BCUT2D eigenvalue weighted by Gasteiger charge is 2.42. The summed E-state index contributed by atoms with van der Waals surface area (Å²) in [6, 6.07) is 0. The molecule has 5 heteroatoms. The number of rotatable bonds is 3. The summed E-state index contributed by atoms with van der Waals surface area (Å²) in [7, 11) is 0. The van der Waals surface area contributed by atoms with Crippen LogP contribution in [0.15, 0.2) is 0 Å². The first-order valence-corrected chi connectivity index (χ1v) is 6.08. The van der Waals surface area contributed by atoms with Gasteiger partial charge in [0.15, 0.2) is 0 Å². The van der Waals surface area contributed by atoms with Gasteiger partial charge >= 0.3 is 6.18 Å². The topological polar surface area (TPSA) is 17.1 Å². The molecule has 1 nitrogen and oxygen atoms in total. The minimum atomic E-state index is -4.71. The molecule has 0 aromatic carbocycles. The first kappa shape index (κ1) is 13.0. The molecule has 1 fully saturated rings. The quantitative estimate of drug-likeness (QED) is 0.720. The summed E-state index contributed by atoms with van der Waals surface area (Å²) in [5.74, 6) is -1.37. The fraction of sp³-hybridized carbons (Fsp3) is 0.900. The monoisotopic (exact) mass is 286 g/mol. The van der Waals surface area contributed by atoms with Crippen molar-refractivity contribution in [2.45, 2.75) is 49.5 Å². The van der Waals surface area contributed by atoms with Gasteiger partial charge in [-0.1, -0.05) is 48.0 Å². The Morgan fingerprint density at radius 3 is 2.27 bits per heavy atom. The molecule has 0 bridgehead atoms. The lowest BCUT2D eigenvalue weighted by molar-refractivity contribution is -0.170. The van der Waals surface area contributed by atoms with Gasteiger partial charge in [-0.25, -0.2) is 0 Å². The van der Waals surface area contributed by atoms with E-state index in [1.165, 1.54) is 0 Å². The Bertz CT molecular complexity index is 221. The number of hydrogen-bond acceptors (Lipinski definition) is 1. The van der Waals surface area contributed by atoms with Crippen molar-refractivity contribution in [2.75, 3.05) is 0 Å². The largest absolute Gasteiger partial charge is 0.451 e. The SMILES string of the molecule is O=C(C(Br)CC1CCCCC1)C(F)(F)F. The van der Waals surface area contributed by atoms with Gasteiger partial charge in [0.2, 0.25) is 5.78 Å². The Labute approximate surface area is 95.5 Å². The lowest BCUT2D eigenvalue weighted by Gasteiger charge is -2.23. The van der Waals surface area contributed by atoms with Gasteiger partial charge in [-0.15, -0.1) is 0 Å². The van der Waals surface area contributed by atoms with Crippen LogP contribution in [0.25, 0.3) is 0 Å². The standard InChI is InChI=1S/C10H14BrF3O/c11-8(9(15)10(12,13)14)6-7-4-2-1-3-5-7/h7-8H,1-6H2. The van der Waals surface area contributed by atoms with E-state index in [1.54, 1.807) is 0 Å². The van der Waals surface area contributed by atoms with E-state index in [0.717, 1.165) is 32.1 Å². The zero-order valence-corrected chi connectivity index (χ0v) is 9.90. The zero-order valence-electron chi connectivity index (χ0n) is 8.32. The maximum absolute atomic E-state index is 12.1. The first-order chi connectivity index (χ1) is 6.91. The van der Waals surface area contributed by atoms with Gasteiger partial charge in [-0.3, -0.25) is 4.79 Å².